The van der Waals surface area contributed by atoms with Crippen LogP contribution >= 0.6 is 11.3 Å². The van der Waals surface area contributed by atoms with Crippen LogP contribution in [0, 0.1) is 0 Å². The molecule has 1 aliphatic rings. The van der Waals surface area contributed by atoms with E-state index < -0.39 is 0 Å². The van der Waals surface area contributed by atoms with Gasteiger partial charge in [0.1, 0.15) is 11.1 Å². The Morgan fingerprint density at radius 3 is 3.12 bits per heavy atom. The van der Waals surface area contributed by atoms with E-state index in [4.69, 9.17) is 9.72 Å². The van der Waals surface area contributed by atoms with Gasteiger partial charge in [0, 0.05) is 11.5 Å². The lowest BCUT2D eigenvalue weighted by molar-refractivity contribution is 0.0760. The molecule has 0 aliphatic heterocycles. The summed E-state index contributed by atoms with van der Waals surface area (Å²) in [5.74, 6) is 0. The molecule has 0 saturated carbocycles. The summed E-state index contributed by atoms with van der Waals surface area (Å²) >= 11 is 1.83. The van der Waals surface area contributed by atoms with Crippen LogP contribution in [0.4, 0.5) is 0 Å². The fraction of sp³-hybridized carbons (Fsp3) is 0.750. The maximum Gasteiger partial charge on any atom is 0.122 e. The molecule has 3 nitrogen and oxygen atoms in total. The Bertz CT molecular complexity index is 351. The van der Waals surface area contributed by atoms with E-state index in [1.54, 1.807) is 0 Å². The van der Waals surface area contributed by atoms with Gasteiger partial charge < -0.3 is 10.1 Å². The zero-order chi connectivity index (χ0) is 11.5. The molecule has 1 aliphatic carbocycles. The molecule has 0 bridgehead atoms. The Labute approximate surface area is 101 Å². The SMILES string of the molecule is CCOC(C)c1nc2c(s1)CCCC2NC. The molecule has 1 N–H and O–H groups in total. The summed E-state index contributed by atoms with van der Waals surface area (Å²) in [5.41, 5.74) is 1.26. The summed E-state index contributed by atoms with van der Waals surface area (Å²) in [4.78, 5) is 6.20. The van der Waals surface area contributed by atoms with Crippen molar-refractivity contribution in [3.8, 4) is 0 Å². The van der Waals surface area contributed by atoms with Crippen molar-refractivity contribution >= 4 is 11.3 Å². The number of fused-ring (bicyclic) bond motifs is 1. The highest BCUT2D eigenvalue weighted by Crippen LogP contribution is 2.35. The zero-order valence-electron chi connectivity index (χ0n) is 10.2. The van der Waals surface area contributed by atoms with Gasteiger partial charge >= 0.3 is 0 Å². The largest absolute Gasteiger partial charge is 0.372 e. The number of hydrogen-bond acceptors (Lipinski definition) is 4. The second-order valence-corrected chi connectivity index (χ2v) is 5.31. The number of thiazole rings is 1. The first-order chi connectivity index (χ1) is 7.76. The van der Waals surface area contributed by atoms with Crippen molar-refractivity contribution in [3.63, 3.8) is 0 Å². The van der Waals surface area contributed by atoms with E-state index in [0.29, 0.717) is 6.04 Å². The number of rotatable bonds is 4. The standard InChI is InChI=1S/C12H20N2OS/c1-4-15-8(2)12-14-11-9(13-3)6-5-7-10(11)16-12/h8-9,13H,4-7H2,1-3H3. The molecule has 0 fully saturated rings. The summed E-state index contributed by atoms with van der Waals surface area (Å²) < 4.78 is 5.60. The molecule has 0 spiro atoms. The first-order valence-corrected chi connectivity index (χ1v) is 6.86. The molecule has 0 saturated heterocycles. The fourth-order valence-corrected chi connectivity index (χ4v) is 3.38. The van der Waals surface area contributed by atoms with E-state index in [2.05, 4.69) is 12.2 Å². The first kappa shape index (κ1) is 12.0. The van der Waals surface area contributed by atoms with Gasteiger partial charge in [0.2, 0.25) is 0 Å². The Kier molecular flexibility index (Phi) is 3.95. The van der Waals surface area contributed by atoms with E-state index in [-0.39, 0.29) is 6.10 Å². The maximum atomic E-state index is 5.60. The lowest BCUT2D eigenvalue weighted by atomic mass is 9.98. The van der Waals surface area contributed by atoms with Crippen molar-refractivity contribution in [1.29, 1.82) is 0 Å². The lowest BCUT2D eigenvalue weighted by Crippen LogP contribution is -2.21. The number of nitrogens with zero attached hydrogens (tertiary/aromatic N) is 1. The van der Waals surface area contributed by atoms with Gasteiger partial charge in [-0.05, 0) is 40.2 Å². The minimum Gasteiger partial charge on any atom is -0.372 e. The van der Waals surface area contributed by atoms with Crippen LogP contribution < -0.4 is 5.32 Å². The van der Waals surface area contributed by atoms with Crippen LogP contribution in [0.25, 0.3) is 0 Å². The topological polar surface area (TPSA) is 34.1 Å². The van der Waals surface area contributed by atoms with Gasteiger partial charge in [-0.15, -0.1) is 11.3 Å². The van der Waals surface area contributed by atoms with Gasteiger partial charge in [-0.1, -0.05) is 0 Å². The molecule has 2 unspecified atom stereocenters. The average Bonchev–Trinajstić information content (AvgIpc) is 2.72. The van der Waals surface area contributed by atoms with E-state index >= 15 is 0 Å². The highest BCUT2D eigenvalue weighted by Gasteiger charge is 2.24. The highest BCUT2D eigenvalue weighted by atomic mass is 32.1. The van der Waals surface area contributed by atoms with Crippen LogP contribution in [-0.4, -0.2) is 18.6 Å². The van der Waals surface area contributed by atoms with Gasteiger partial charge in [0.05, 0.1) is 11.7 Å². The second kappa shape index (κ2) is 5.25. The van der Waals surface area contributed by atoms with E-state index in [0.717, 1.165) is 11.6 Å². The van der Waals surface area contributed by atoms with Crippen molar-refractivity contribution in [2.45, 2.75) is 45.3 Å². The molecule has 1 aromatic heterocycles. The van der Waals surface area contributed by atoms with E-state index in [9.17, 15) is 0 Å². The Morgan fingerprint density at radius 2 is 2.44 bits per heavy atom. The summed E-state index contributed by atoms with van der Waals surface area (Å²) in [6.45, 7) is 4.86. The Hall–Kier alpha value is -0.450. The zero-order valence-corrected chi connectivity index (χ0v) is 11.1. The highest BCUT2D eigenvalue weighted by molar-refractivity contribution is 7.11. The molecule has 0 aromatic carbocycles. The van der Waals surface area contributed by atoms with Gasteiger partial charge in [-0.2, -0.15) is 0 Å². The van der Waals surface area contributed by atoms with Crippen molar-refractivity contribution in [3.05, 3.63) is 15.6 Å². The third kappa shape index (κ3) is 2.29. The minimum absolute atomic E-state index is 0.137. The molecule has 4 heteroatoms. The lowest BCUT2D eigenvalue weighted by Gasteiger charge is -2.19. The molecular weight excluding hydrogens is 220 g/mol. The molecule has 90 valence electrons. The third-order valence-corrected chi connectivity index (χ3v) is 4.38. The Balaban J connectivity index is 2.21. The molecular formula is C12H20N2OS. The second-order valence-electron chi connectivity index (χ2n) is 4.19. The summed E-state index contributed by atoms with van der Waals surface area (Å²) in [6, 6.07) is 0.447. The molecule has 0 amide bonds. The predicted molar refractivity (Wildman–Crippen MR) is 66.9 cm³/mol. The number of aromatic nitrogens is 1. The van der Waals surface area contributed by atoms with Gasteiger partial charge in [-0.3, -0.25) is 0 Å². The monoisotopic (exact) mass is 240 g/mol. The first-order valence-electron chi connectivity index (χ1n) is 6.04. The number of nitrogens with one attached hydrogen (secondary N) is 1. The Morgan fingerprint density at radius 1 is 1.62 bits per heavy atom. The molecule has 2 rings (SSSR count). The molecule has 1 aromatic rings. The smallest absolute Gasteiger partial charge is 0.122 e. The average molecular weight is 240 g/mol. The van der Waals surface area contributed by atoms with Crippen LogP contribution in [0.5, 0.6) is 0 Å². The van der Waals surface area contributed by atoms with E-state index in [1.165, 1.54) is 29.8 Å². The van der Waals surface area contributed by atoms with Crippen molar-refractivity contribution in [2.24, 2.45) is 0 Å². The third-order valence-electron chi connectivity index (χ3n) is 3.08. The van der Waals surface area contributed by atoms with Crippen molar-refractivity contribution in [1.82, 2.24) is 10.3 Å². The van der Waals surface area contributed by atoms with Gasteiger partial charge in [0.25, 0.3) is 0 Å². The summed E-state index contributed by atoms with van der Waals surface area (Å²) in [6.07, 6.45) is 3.79. The molecule has 0 radical (unpaired) electrons. The quantitative estimate of drug-likeness (QED) is 0.878. The maximum absolute atomic E-state index is 5.60. The van der Waals surface area contributed by atoms with Crippen molar-refractivity contribution in [2.75, 3.05) is 13.7 Å². The van der Waals surface area contributed by atoms with Crippen LogP contribution in [-0.2, 0) is 11.2 Å². The number of ether oxygens (including phenoxy) is 1. The van der Waals surface area contributed by atoms with Crippen LogP contribution in [0.1, 0.15) is 54.4 Å². The van der Waals surface area contributed by atoms with Gasteiger partial charge in [-0.25, -0.2) is 4.98 Å². The fourth-order valence-electron chi connectivity index (χ4n) is 2.21. The number of hydrogen-bond donors (Lipinski definition) is 1. The minimum atomic E-state index is 0.137. The molecule has 2 atom stereocenters. The molecule has 1 heterocycles. The summed E-state index contributed by atoms with van der Waals surface area (Å²) in [7, 11) is 2.02. The molecule has 16 heavy (non-hydrogen) atoms. The van der Waals surface area contributed by atoms with Gasteiger partial charge in [0.15, 0.2) is 0 Å². The van der Waals surface area contributed by atoms with Crippen LogP contribution in [0.15, 0.2) is 0 Å². The van der Waals surface area contributed by atoms with Crippen molar-refractivity contribution < 1.29 is 4.74 Å². The number of aryl methyl sites for hydroxylation is 1. The predicted octanol–water partition coefficient (Wildman–Crippen LogP) is 2.84. The van der Waals surface area contributed by atoms with Crippen LogP contribution in [0.3, 0.4) is 0 Å². The van der Waals surface area contributed by atoms with E-state index in [1.807, 2.05) is 25.3 Å². The normalized spacial score (nSPS) is 21.8. The summed E-state index contributed by atoms with van der Waals surface area (Å²) in [5, 5.41) is 4.48. The van der Waals surface area contributed by atoms with Crippen LogP contribution in [0.2, 0.25) is 0 Å².